The van der Waals surface area contributed by atoms with E-state index in [0.717, 1.165) is 37.2 Å². The van der Waals surface area contributed by atoms with Crippen molar-refractivity contribution in [2.75, 3.05) is 13.7 Å². The molecule has 0 bridgehead atoms. The molecule has 1 unspecified atom stereocenters. The van der Waals surface area contributed by atoms with Crippen molar-refractivity contribution >= 4 is 0 Å². The summed E-state index contributed by atoms with van der Waals surface area (Å²) in [5.74, 6) is 0.917. The highest BCUT2D eigenvalue weighted by atomic mass is 16.5. The van der Waals surface area contributed by atoms with Crippen LogP contribution in [0.1, 0.15) is 63.5 Å². The van der Waals surface area contributed by atoms with E-state index in [0.29, 0.717) is 0 Å². The number of nitrogens with two attached hydrogens (primary N) is 1. The van der Waals surface area contributed by atoms with Gasteiger partial charge in [0.15, 0.2) is 0 Å². The van der Waals surface area contributed by atoms with Crippen molar-refractivity contribution in [2.45, 2.75) is 63.5 Å². The van der Waals surface area contributed by atoms with E-state index in [2.05, 4.69) is 19.1 Å². The zero-order valence-electron chi connectivity index (χ0n) is 13.4. The molecule has 1 aliphatic carbocycles. The first kappa shape index (κ1) is 16.3. The SMILES string of the molecule is CCCOc1ccc(C(N)C2(OC)CCCCCC2)cc1. The number of rotatable bonds is 6. The van der Waals surface area contributed by atoms with Crippen molar-refractivity contribution in [2.24, 2.45) is 5.73 Å². The number of hydrogen-bond donors (Lipinski definition) is 1. The van der Waals surface area contributed by atoms with Gasteiger partial charge in [0, 0.05) is 7.11 Å². The molecule has 0 aromatic heterocycles. The van der Waals surface area contributed by atoms with Gasteiger partial charge in [-0.05, 0) is 37.0 Å². The third kappa shape index (κ3) is 3.98. The minimum Gasteiger partial charge on any atom is -0.494 e. The second kappa shape index (κ2) is 7.81. The van der Waals surface area contributed by atoms with E-state index >= 15 is 0 Å². The predicted molar refractivity (Wildman–Crippen MR) is 86.6 cm³/mol. The molecule has 0 spiro atoms. The lowest BCUT2D eigenvalue weighted by atomic mass is 9.83. The maximum absolute atomic E-state index is 6.57. The van der Waals surface area contributed by atoms with E-state index in [9.17, 15) is 0 Å². The minimum atomic E-state index is -0.206. The zero-order chi connectivity index (χ0) is 15.1. The van der Waals surface area contributed by atoms with Crippen molar-refractivity contribution in [3.8, 4) is 5.75 Å². The molecule has 0 amide bonds. The maximum Gasteiger partial charge on any atom is 0.119 e. The Kier molecular flexibility index (Phi) is 6.07. The van der Waals surface area contributed by atoms with Crippen LogP contribution in [0, 0.1) is 0 Å². The first-order chi connectivity index (χ1) is 10.2. The number of hydrogen-bond acceptors (Lipinski definition) is 3. The lowest BCUT2D eigenvalue weighted by molar-refractivity contribution is -0.0442. The minimum absolute atomic E-state index is 0.0687. The molecule has 0 heterocycles. The Morgan fingerprint density at radius 1 is 1.10 bits per heavy atom. The van der Waals surface area contributed by atoms with Crippen LogP contribution >= 0.6 is 0 Å². The van der Waals surface area contributed by atoms with Crippen molar-refractivity contribution in [1.82, 2.24) is 0 Å². The summed E-state index contributed by atoms with van der Waals surface area (Å²) in [4.78, 5) is 0. The summed E-state index contributed by atoms with van der Waals surface area (Å²) in [6.45, 7) is 2.87. The lowest BCUT2D eigenvalue weighted by Gasteiger charge is -2.37. The van der Waals surface area contributed by atoms with Gasteiger partial charge in [-0.25, -0.2) is 0 Å². The summed E-state index contributed by atoms with van der Waals surface area (Å²) in [6.07, 6.45) is 8.13. The van der Waals surface area contributed by atoms with Gasteiger partial charge in [-0.15, -0.1) is 0 Å². The van der Waals surface area contributed by atoms with Gasteiger partial charge in [0.25, 0.3) is 0 Å². The fourth-order valence-electron chi connectivity index (χ4n) is 3.26. The molecule has 1 saturated carbocycles. The number of benzene rings is 1. The summed E-state index contributed by atoms with van der Waals surface area (Å²) < 4.78 is 11.5. The number of ether oxygens (including phenoxy) is 2. The van der Waals surface area contributed by atoms with Crippen LogP contribution in [-0.4, -0.2) is 19.3 Å². The van der Waals surface area contributed by atoms with E-state index in [4.69, 9.17) is 15.2 Å². The van der Waals surface area contributed by atoms with Crippen LogP contribution in [-0.2, 0) is 4.74 Å². The molecule has 2 N–H and O–H groups in total. The molecular weight excluding hydrogens is 262 g/mol. The average Bonchev–Trinajstić information content (AvgIpc) is 2.79. The molecule has 118 valence electrons. The van der Waals surface area contributed by atoms with Crippen LogP contribution in [0.4, 0.5) is 0 Å². The zero-order valence-corrected chi connectivity index (χ0v) is 13.4. The first-order valence-corrected chi connectivity index (χ1v) is 8.25. The van der Waals surface area contributed by atoms with Gasteiger partial charge in [-0.2, -0.15) is 0 Å². The van der Waals surface area contributed by atoms with Gasteiger partial charge in [0.05, 0.1) is 18.2 Å². The molecule has 1 aliphatic rings. The monoisotopic (exact) mass is 291 g/mol. The Hall–Kier alpha value is -1.06. The summed E-state index contributed by atoms with van der Waals surface area (Å²) in [6, 6.07) is 8.14. The van der Waals surface area contributed by atoms with Gasteiger partial charge in [0.2, 0.25) is 0 Å². The normalized spacial score (nSPS) is 19.8. The smallest absolute Gasteiger partial charge is 0.119 e. The van der Waals surface area contributed by atoms with Gasteiger partial charge >= 0.3 is 0 Å². The molecule has 0 radical (unpaired) electrons. The highest BCUT2D eigenvalue weighted by Crippen LogP contribution is 2.39. The average molecular weight is 291 g/mol. The van der Waals surface area contributed by atoms with Crippen LogP contribution in [0.3, 0.4) is 0 Å². The Labute approximate surface area is 128 Å². The molecule has 2 rings (SSSR count). The fraction of sp³-hybridized carbons (Fsp3) is 0.667. The van der Waals surface area contributed by atoms with Gasteiger partial charge in [-0.3, -0.25) is 0 Å². The highest BCUT2D eigenvalue weighted by molar-refractivity contribution is 5.30. The summed E-state index contributed by atoms with van der Waals surface area (Å²) in [7, 11) is 1.81. The molecule has 3 heteroatoms. The largest absolute Gasteiger partial charge is 0.494 e. The molecule has 1 aromatic carbocycles. The molecule has 21 heavy (non-hydrogen) atoms. The lowest BCUT2D eigenvalue weighted by Crippen LogP contribution is -2.42. The molecule has 0 saturated heterocycles. The predicted octanol–water partition coefficient (Wildman–Crippen LogP) is 4.21. The summed E-state index contributed by atoms with van der Waals surface area (Å²) >= 11 is 0. The molecule has 1 atom stereocenters. The van der Waals surface area contributed by atoms with Crippen LogP contribution in [0.25, 0.3) is 0 Å². The standard InChI is InChI=1S/C18H29NO2/c1-3-14-21-16-10-8-15(9-11-16)17(19)18(20-2)12-6-4-5-7-13-18/h8-11,17H,3-7,12-14,19H2,1-2H3. The third-order valence-corrected chi connectivity index (χ3v) is 4.64. The Morgan fingerprint density at radius 2 is 1.71 bits per heavy atom. The Bertz CT molecular complexity index is 408. The first-order valence-electron chi connectivity index (χ1n) is 8.25. The third-order valence-electron chi connectivity index (χ3n) is 4.64. The van der Waals surface area contributed by atoms with Gasteiger partial charge < -0.3 is 15.2 Å². The molecule has 3 nitrogen and oxygen atoms in total. The van der Waals surface area contributed by atoms with Crippen LogP contribution in [0.2, 0.25) is 0 Å². The van der Waals surface area contributed by atoms with Crippen LogP contribution in [0.15, 0.2) is 24.3 Å². The maximum atomic E-state index is 6.57. The van der Waals surface area contributed by atoms with Crippen LogP contribution in [0.5, 0.6) is 5.75 Å². The van der Waals surface area contributed by atoms with Crippen LogP contribution < -0.4 is 10.5 Å². The topological polar surface area (TPSA) is 44.5 Å². The van der Waals surface area contributed by atoms with E-state index in [1.807, 2.05) is 19.2 Å². The van der Waals surface area contributed by atoms with E-state index in [-0.39, 0.29) is 11.6 Å². The molecule has 0 aliphatic heterocycles. The Balaban J connectivity index is 2.11. The summed E-state index contributed by atoms with van der Waals surface area (Å²) in [5, 5.41) is 0. The molecular formula is C18H29NO2. The quantitative estimate of drug-likeness (QED) is 0.798. The van der Waals surface area contributed by atoms with Crippen molar-refractivity contribution < 1.29 is 9.47 Å². The molecule has 1 aromatic rings. The second-order valence-corrected chi connectivity index (χ2v) is 6.08. The van der Waals surface area contributed by atoms with E-state index in [1.165, 1.54) is 25.7 Å². The number of methoxy groups -OCH3 is 1. The van der Waals surface area contributed by atoms with Gasteiger partial charge in [-0.1, -0.05) is 44.7 Å². The summed E-state index contributed by atoms with van der Waals surface area (Å²) in [5.41, 5.74) is 7.50. The highest BCUT2D eigenvalue weighted by Gasteiger charge is 2.37. The van der Waals surface area contributed by atoms with Gasteiger partial charge in [0.1, 0.15) is 5.75 Å². The van der Waals surface area contributed by atoms with Crippen molar-refractivity contribution in [1.29, 1.82) is 0 Å². The van der Waals surface area contributed by atoms with E-state index in [1.54, 1.807) is 0 Å². The van der Waals surface area contributed by atoms with E-state index < -0.39 is 0 Å². The second-order valence-electron chi connectivity index (χ2n) is 6.08. The Morgan fingerprint density at radius 3 is 2.24 bits per heavy atom. The van der Waals surface area contributed by atoms with Crippen molar-refractivity contribution in [3.63, 3.8) is 0 Å². The van der Waals surface area contributed by atoms with Crippen molar-refractivity contribution in [3.05, 3.63) is 29.8 Å². The molecule has 1 fully saturated rings. The fourth-order valence-corrected chi connectivity index (χ4v) is 3.26.